The second kappa shape index (κ2) is 5.97. The molecule has 0 aliphatic carbocycles. The van der Waals surface area contributed by atoms with Gasteiger partial charge in [-0.25, -0.2) is 0 Å². The Kier molecular flexibility index (Phi) is 4.10. The fraction of sp³-hybridized carbons (Fsp3) is 0.143. The Morgan fingerprint density at radius 1 is 1.21 bits per heavy atom. The topological polar surface area (TPSA) is 88.0 Å². The van der Waals surface area contributed by atoms with Gasteiger partial charge in [-0.15, -0.1) is 0 Å². The number of H-pyrrole nitrogens is 1. The molecule has 1 aromatic heterocycles. The van der Waals surface area contributed by atoms with Crippen molar-refractivity contribution in [3.8, 4) is 0 Å². The zero-order valence-corrected chi connectivity index (χ0v) is 10.3. The van der Waals surface area contributed by atoms with Crippen molar-refractivity contribution in [3.05, 3.63) is 64.1 Å². The van der Waals surface area contributed by atoms with Crippen LogP contribution in [0.25, 0.3) is 0 Å². The van der Waals surface area contributed by atoms with E-state index in [9.17, 15) is 9.59 Å². The van der Waals surface area contributed by atoms with Gasteiger partial charge in [0.05, 0.1) is 0 Å². The van der Waals surface area contributed by atoms with Gasteiger partial charge in [0.1, 0.15) is 5.56 Å². The number of anilines is 1. The lowest BCUT2D eigenvalue weighted by molar-refractivity contribution is 0.102. The van der Waals surface area contributed by atoms with E-state index in [1.54, 1.807) is 12.1 Å². The molecular weight excluding hydrogens is 242 g/mol. The Balaban J connectivity index is 2.11. The molecule has 2 rings (SSSR count). The van der Waals surface area contributed by atoms with E-state index in [4.69, 9.17) is 5.73 Å². The first kappa shape index (κ1) is 13.0. The highest BCUT2D eigenvalue weighted by molar-refractivity contribution is 6.03. The molecule has 4 N–H and O–H groups in total. The number of carbonyl (C=O) groups is 1. The number of pyridine rings is 1. The van der Waals surface area contributed by atoms with Gasteiger partial charge < -0.3 is 16.0 Å². The number of nitrogens with one attached hydrogen (secondary N) is 2. The van der Waals surface area contributed by atoms with E-state index in [2.05, 4.69) is 10.3 Å². The molecule has 2 aromatic rings. The molecule has 5 heteroatoms. The van der Waals surface area contributed by atoms with E-state index in [-0.39, 0.29) is 11.0 Å². The molecule has 0 unspecified atom stereocenters. The molecule has 5 nitrogen and oxygen atoms in total. The van der Waals surface area contributed by atoms with Crippen molar-refractivity contribution in [2.45, 2.75) is 6.42 Å². The molecule has 0 aliphatic heterocycles. The van der Waals surface area contributed by atoms with Gasteiger partial charge in [-0.3, -0.25) is 9.59 Å². The van der Waals surface area contributed by atoms with Gasteiger partial charge in [-0.1, -0.05) is 12.1 Å². The summed E-state index contributed by atoms with van der Waals surface area (Å²) in [5, 5.41) is 2.68. The lowest BCUT2D eigenvalue weighted by Gasteiger charge is -2.05. The van der Waals surface area contributed by atoms with E-state index in [1.165, 1.54) is 18.5 Å². The van der Waals surface area contributed by atoms with Gasteiger partial charge in [0.2, 0.25) is 0 Å². The van der Waals surface area contributed by atoms with Crippen LogP contribution in [0.2, 0.25) is 0 Å². The lowest BCUT2D eigenvalue weighted by Crippen LogP contribution is -2.20. The number of rotatable bonds is 4. The van der Waals surface area contributed by atoms with Crippen LogP contribution < -0.4 is 16.5 Å². The highest BCUT2D eigenvalue weighted by Gasteiger charge is 2.09. The Morgan fingerprint density at radius 3 is 2.58 bits per heavy atom. The normalized spacial score (nSPS) is 10.2. The number of hydrogen-bond donors (Lipinski definition) is 3. The molecule has 0 bridgehead atoms. The number of amides is 1. The maximum Gasteiger partial charge on any atom is 0.261 e. The van der Waals surface area contributed by atoms with E-state index < -0.39 is 5.91 Å². The Labute approximate surface area is 110 Å². The summed E-state index contributed by atoms with van der Waals surface area (Å²) >= 11 is 0. The Bertz CT molecular complexity index is 617. The van der Waals surface area contributed by atoms with Gasteiger partial charge in [-0.05, 0) is 30.7 Å². The number of hydrogen-bond acceptors (Lipinski definition) is 3. The van der Waals surface area contributed by atoms with Crippen LogP contribution in [0.15, 0.2) is 47.5 Å². The van der Waals surface area contributed by atoms with Crippen molar-refractivity contribution in [1.82, 2.24) is 4.98 Å². The monoisotopic (exact) mass is 257 g/mol. The van der Waals surface area contributed by atoms with Crippen LogP contribution in [0.5, 0.6) is 0 Å². The average molecular weight is 257 g/mol. The molecule has 98 valence electrons. The van der Waals surface area contributed by atoms with Crippen molar-refractivity contribution in [2.24, 2.45) is 5.73 Å². The minimum absolute atomic E-state index is 0.0912. The predicted octanol–water partition coefficient (Wildman–Crippen LogP) is 1.13. The molecule has 0 fully saturated rings. The first-order valence-corrected chi connectivity index (χ1v) is 5.98. The summed E-state index contributed by atoms with van der Waals surface area (Å²) in [6.07, 6.45) is 3.67. The second-order valence-electron chi connectivity index (χ2n) is 4.11. The number of aromatic nitrogens is 1. The second-order valence-corrected chi connectivity index (χ2v) is 4.11. The van der Waals surface area contributed by atoms with E-state index >= 15 is 0 Å². The van der Waals surface area contributed by atoms with Crippen molar-refractivity contribution < 1.29 is 4.79 Å². The third-order valence-corrected chi connectivity index (χ3v) is 2.71. The highest BCUT2D eigenvalue weighted by atomic mass is 16.2. The molecule has 1 heterocycles. The zero-order valence-electron chi connectivity index (χ0n) is 10.3. The number of aromatic amines is 1. The van der Waals surface area contributed by atoms with Crippen LogP contribution in [-0.4, -0.2) is 17.4 Å². The maximum absolute atomic E-state index is 11.9. The highest BCUT2D eigenvalue weighted by Crippen LogP contribution is 2.10. The SMILES string of the molecule is NCCc1ccc(NC(=O)c2c[nH]ccc2=O)cc1. The van der Waals surface area contributed by atoms with Crippen molar-refractivity contribution in [3.63, 3.8) is 0 Å². The number of carbonyl (C=O) groups excluding carboxylic acids is 1. The number of nitrogens with two attached hydrogens (primary N) is 1. The largest absolute Gasteiger partial charge is 0.367 e. The maximum atomic E-state index is 11.9. The fourth-order valence-corrected chi connectivity index (χ4v) is 1.71. The molecular formula is C14H15N3O2. The van der Waals surface area contributed by atoms with Crippen LogP contribution in [0, 0.1) is 0 Å². The molecule has 19 heavy (non-hydrogen) atoms. The molecule has 0 saturated carbocycles. The van der Waals surface area contributed by atoms with Crippen molar-refractivity contribution in [1.29, 1.82) is 0 Å². The lowest BCUT2D eigenvalue weighted by atomic mass is 10.1. The van der Waals surface area contributed by atoms with E-state index in [1.807, 2.05) is 12.1 Å². The van der Waals surface area contributed by atoms with Crippen LogP contribution in [0.1, 0.15) is 15.9 Å². The van der Waals surface area contributed by atoms with Crippen LogP contribution in [-0.2, 0) is 6.42 Å². The summed E-state index contributed by atoms with van der Waals surface area (Å²) in [4.78, 5) is 26.1. The standard InChI is InChI=1S/C14H15N3O2/c15-7-5-10-1-3-11(4-2-10)17-14(19)12-9-16-8-6-13(12)18/h1-4,6,8-9H,5,7,15H2,(H,16,18)(H,17,19). The minimum Gasteiger partial charge on any atom is -0.367 e. The van der Waals surface area contributed by atoms with E-state index in [0.29, 0.717) is 12.2 Å². The zero-order chi connectivity index (χ0) is 13.7. The third-order valence-electron chi connectivity index (χ3n) is 2.71. The van der Waals surface area contributed by atoms with Gasteiger partial charge in [-0.2, -0.15) is 0 Å². The molecule has 1 amide bonds. The molecule has 1 aromatic carbocycles. The summed E-state index contributed by atoms with van der Waals surface area (Å²) in [6.45, 7) is 0.588. The van der Waals surface area contributed by atoms with Gasteiger partial charge >= 0.3 is 0 Å². The average Bonchev–Trinajstić information content (AvgIpc) is 2.42. The quantitative estimate of drug-likeness (QED) is 0.767. The number of benzene rings is 1. The first-order chi connectivity index (χ1) is 9.20. The van der Waals surface area contributed by atoms with Gasteiger partial charge in [0.25, 0.3) is 5.91 Å². The molecule has 0 aliphatic rings. The van der Waals surface area contributed by atoms with Crippen molar-refractivity contribution in [2.75, 3.05) is 11.9 Å². The smallest absolute Gasteiger partial charge is 0.261 e. The van der Waals surface area contributed by atoms with Gasteiger partial charge in [0, 0.05) is 24.1 Å². The summed E-state index contributed by atoms with van der Waals surface area (Å²) in [7, 11) is 0. The fourth-order valence-electron chi connectivity index (χ4n) is 1.71. The van der Waals surface area contributed by atoms with Crippen LogP contribution in [0.4, 0.5) is 5.69 Å². The Morgan fingerprint density at radius 2 is 1.95 bits per heavy atom. The first-order valence-electron chi connectivity index (χ1n) is 5.98. The molecule has 0 radical (unpaired) electrons. The van der Waals surface area contributed by atoms with Gasteiger partial charge in [0.15, 0.2) is 5.43 Å². The third kappa shape index (κ3) is 3.29. The summed E-state index contributed by atoms with van der Waals surface area (Å²) < 4.78 is 0. The summed E-state index contributed by atoms with van der Waals surface area (Å²) in [5.41, 5.74) is 7.00. The summed E-state index contributed by atoms with van der Waals surface area (Å²) in [5.74, 6) is -0.423. The van der Waals surface area contributed by atoms with Crippen LogP contribution in [0.3, 0.4) is 0 Å². The minimum atomic E-state index is -0.423. The van der Waals surface area contributed by atoms with Crippen molar-refractivity contribution >= 4 is 11.6 Å². The van der Waals surface area contributed by atoms with E-state index in [0.717, 1.165) is 12.0 Å². The van der Waals surface area contributed by atoms with Crippen LogP contribution >= 0.6 is 0 Å². The molecule has 0 atom stereocenters. The summed E-state index contributed by atoms with van der Waals surface area (Å²) in [6, 6.07) is 8.70. The molecule has 0 saturated heterocycles. The molecule has 0 spiro atoms. The predicted molar refractivity (Wildman–Crippen MR) is 74.2 cm³/mol. The Hall–Kier alpha value is -2.40.